The van der Waals surface area contributed by atoms with Gasteiger partial charge in [-0.3, -0.25) is 9.59 Å². The molecular formula is C23H18N2O2. The van der Waals surface area contributed by atoms with E-state index >= 15 is 0 Å². The van der Waals surface area contributed by atoms with E-state index in [-0.39, 0.29) is 11.3 Å². The van der Waals surface area contributed by atoms with E-state index < -0.39 is 6.04 Å². The smallest absolute Gasteiger partial charge is 0.275 e. The first-order valence-electron chi connectivity index (χ1n) is 8.83. The minimum absolute atomic E-state index is 0.139. The second-order valence-electron chi connectivity index (χ2n) is 6.42. The van der Waals surface area contributed by atoms with Gasteiger partial charge in [-0.05, 0) is 13.0 Å². The van der Waals surface area contributed by atoms with Crippen molar-refractivity contribution in [1.82, 2.24) is 9.78 Å². The van der Waals surface area contributed by atoms with Crippen molar-refractivity contribution in [1.29, 1.82) is 0 Å². The molecule has 27 heavy (non-hydrogen) atoms. The predicted octanol–water partition coefficient (Wildman–Crippen LogP) is 4.51. The van der Waals surface area contributed by atoms with E-state index in [0.29, 0.717) is 16.6 Å². The van der Waals surface area contributed by atoms with Crippen LogP contribution in [0, 0.1) is 0 Å². The number of carbonyl (C=O) groups is 1. The molecule has 1 atom stereocenters. The number of rotatable bonds is 4. The molecule has 0 amide bonds. The lowest BCUT2D eigenvalue weighted by molar-refractivity contribution is 0.0925. The first-order chi connectivity index (χ1) is 13.2. The third kappa shape index (κ3) is 3.06. The number of ketones is 1. The quantitative estimate of drug-likeness (QED) is 0.507. The predicted molar refractivity (Wildman–Crippen MR) is 107 cm³/mol. The van der Waals surface area contributed by atoms with E-state index in [1.54, 1.807) is 25.1 Å². The Bertz CT molecular complexity index is 1170. The number of Topliss-reactive ketones (excluding diaryl/α,β-unsaturated/α-hetero) is 1. The number of hydrogen-bond acceptors (Lipinski definition) is 3. The summed E-state index contributed by atoms with van der Waals surface area (Å²) in [5.41, 5.74) is 1.90. The van der Waals surface area contributed by atoms with Gasteiger partial charge >= 0.3 is 0 Å². The number of nitrogens with zero attached hydrogens (tertiary/aromatic N) is 2. The standard InChI is InChI=1S/C23H18N2O2/c1-16(22(26)18-12-6-3-7-13-18)25-23(27)20-15-9-8-14-19(20)21(24-25)17-10-4-2-5-11-17/h2-16H,1H3/t16-/m0/s1. The summed E-state index contributed by atoms with van der Waals surface area (Å²) in [5, 5.41) is 5.94. The van der Waals surface area contributed by atoms with Crippen LogP contribution in [0.15, 0.2) is 89.7 Å². The van der Waals surface area contributed by atoms with Crippen LogP contribution >= 0.6 is 0 Å². The van der Waals surface area contributed by atoms with Crippen molar-refractivity contribution in [2.45, 2.75) is 13.0 Å². The summed E-state index contributed by atoms with van der Waals surface area (Å²) in [6.07, 6.45) is 0. The van der Waals surface area contributed by atoms with Gasteiger partial charge in [0.15, 0.2) is 5.78 Å². The largest absolute Gasteiger partial charge is 0.292 e. The SMILES string of the molecule is C[C@@H](C(=O)c1ccccc1)n1nc(-c2ccccc2)c2ccccc2c1=O. The Morgan fingerprint density at radius 2 is 1.37 bits per heavy atom. The van der Waals surface area contributed by atoms with E-state index in [2.05, 4.69) is 5.10 Å². The highest BCUT2D eigenvalue weighted by Crippen LogP contribution is 2.25. The molecule has 0 spiro atoms. The summed E-state index contributed by atoms with van der Waals surface area (Å²) in [6, 6.07) is 25.4. The van der Waals surface area contributed by atoms with E-state index in [1.165, 1.54) is 4.68 Å². The molecular weight excluding hydrogens is 336 g/mol. The second kappa shape index (κ2) is 7.00. The zero-order valence-corrected chi connectivity index (χ0v) is 14.9. The van der Waals surface area contributed by atoms with Crippen LogP contribution in [-0.2, 0) is 0 Å². The third-order valence-corrected chi connectivity index (χ3v) is 4.68. The Labute approximate surface area is 156 Å². The van der Waals surface area contributed by atoms with Crippen molar-refractivity contribution < 1.29 is 4.79 Å². The van der Waals surface area contributed by atoms with Gasteiger partial charge < -0.3 is 0 Å². The van der Waals surface area contributed by atoms with E-state index in [4.69, 9.17) is 0 Å². The third-order valence-electron chi connectivity index (χ3n) is 4.68. The van der Waals surface area contributed by atoms with Gasteiger partial charge in [0.25, 0.3) is 5.56 Å². The van der Waals surface area contributed by atoms with Crippen molar-refractivity contribution >= 4 is 16.6 Å². The van der Waals surface area contributed by atoms with Crippen molar-refractivity contribution in [3.63, 3.8) is 0 Å². The summed E-state index contributed by atoms with van der Waals surface area (Å²) in [6.45, 7) is 1.72. The Kier molecular flexibility index (Phi) is 4.38. The summed E-state index contributed by atoms with van der Waals surface area (Å²) >= 11 is 0. The molecule has 4 rings (SSSR count). The van der Waals surface area contributed by atoms with Gasteiger partial charge in [-0.15, -0.1) is 0 Å². The highest BCUT2D eigenvalue weighted by molar-refractivity contribution is 5.99. The Morgan fingerprint density at radius 3 is 2.04 bits per heavy atom. The van der Waals surface area contributed by atoms with Crippen molar-refractivity contribution in [3.05, 3.63) is 101 Å². The average molecular weight is 354 g/mol. The monoisotopic (exact) mass is 354 g/mol. The zero-order chi connectivity index (χ0) is 18.8. The number of aromatic nitrogens is 2. The molecule has 0 saturated carbocycles. The molecule has 0 N–H and O–H groups in total. The van der Waals surface area contributed by atoms with Gasteiger partial charge in [0.1, 0.15) is 6.04 Å². The van der Waals surface area contributed by atoms with Crippen LogP contribution in [0.4, 0.5) is 0 Å². The number of benzene rings is 3. The van der Waals surface area contributed by atoms with Crippen molar-refractivity contribution in [2.75, 3.05) is 0 Å². The minimum Gasteiger partial charge on any atom is -0.292 e. The van der Waals surface area contributed by atoms with Gasteiger partial charge in [0, 0.05) is 16.5 Å². The van der Waals surface area contributed by atoms with Gasteiger partial charge in [0.2, 0.25) is 0 Å². The van der Waals surface area contributed by atoms with Crippen LogP contribution < -0.4 is 5.56 Å². The molecule has 0 bridgehead atoms. The molecule has 0 aliphatic rings. The molecule has 0 aliphatic heterocycles. The molecule has 4 heteroatoms. The number of carbonyl (C=O) groups excluding carboxylic acids is 1. The summed E-state index contributed by atoms with van der Waals surface area (Å²) in [5.74, 6) is -0.139. The first kappa shape index (κ1) is 16.9. The maximum Gasteiger partial charge on any atom is 0.275 e. The van der Waals surface area contributed by atoms with Crippen LogP contribution in [0.2, 0.25) is 0 Å². The molecule has 0 saturated heterocycles. The summed E-state index contributed by atoms with van der Waals surface area (Å²) < 4.78 is 1.31. The van der Waals surface area contributed by atoms with Crippen LogP contribution in [0.5, 0.6) is 0 Å². The van der Waals surface area contributed by atoms with Gasteiger partial charge in [-0.2, -0.15) is 5.10 Å². The van der Waals surface area contributed by atoms with Crippen LogP contribution in [0.3, 0.4) is 0 Å². The molecule has 0 unspecified atom stereocenters. The maximum atomic E-state index is 13.0. The molecule has 4 aromatic rings. The van der Waals surface area contributed by atoms with Crippen LogP contribution in [0.1, 0.15) is 23.3 Å². The average Bonchev–Trinajstić information content (AvgIpc) is 2.74. The molecule has 1 aromatic heterocycles. The normalized spacial score (nSPS) is 12.0. The fraction of sp³-hybridized carbons (Fsp3) is 0.0870. The summed E-state index contributed by atoms with van der Waals surface area (Å²) in [4.78, 5) is 25.9. The Hall–Kier alpha value is -3.53. The Morgan fingerprint density at radius 1 is 0.815 bits per heavy atom. The van der Waals surface area contributed by atoms with E-state index in [9.17, 15) is 9.59 Å². The fourth-order valence-corrected chi connectivity index (χ4v) is 3.23. The van der Waals surface area contributed by atoms with Crippen LogP contribution in [0.25, 0.3) is 22.0 Å². The molecule has 1 heterocycles. The van der Waals surface area contributed by atoms with Crippen molar-refractivity contribution in [3.8, 4) is 11.3 Å². The molecule has 0 fully saturated rings. The van der Waals surface area contributed by atoms with Gasteiger partial charge in [0.05, 0.1) is 11.1 Å². The lowest BCUT2D eigenvalue weighted by Crippen LogP contribution is -2.31. The Balaban J connectivity index is 1.92. The number of hydrogen-bond donors (Lipinski definition) is 0. The molecule has 4 nitrogen and oxygen atoms in total. The molecule has 3 aromatic carbocycles. The highest BCUT2D eigenvalue weighted by Gasteiger charge is 2.21. The van der Waals surface area contributed by atoms with Gasteiger partial charge in [-0.1, -0.05) is 78.9 Å². The lowest BCUT2D eigenvalue weighted by Gasteiger charge is -2.16. The van der Waals surface area contributed by atoms with Crippen molar-refractivity contribution in [2.24, 2.45) is 0 Å². The zero-order valence-electron chi connectivity index (χ0n) is 14.9. The topological polar surface area (TPSA) is 52.0 Å². The van der Waals surface area contributed by atoms with E-state index in [1.807, 2.05) is 66.7 Å². The number of fused-ring (bicyclic) bond motifs is 1. The van der Waals surface area contributed by atoms with E-state index in [0.717, 1.165) is 10.9 Å². The fourth-order valence-electron chi connectivity index (χ4n) is 3.23. The molecule has 0 aliphatic carbocycles. The summed E-state index contributed by atoms with van der Waals surface area (Å²) in [7, 11) is 0. The van der Waals surface area contributed by atoms with Crippen LogP contribution in [-0.4, -0.2) is 15.6 Å². The first-order valence-corrected chi connectivity index (χ1v) is 8.83. The minimum atomic E-state index is -0.702. The second-order valence-corrected chi connectivity index (χ2v) is 6.42. The maximum absolute atomic E-state index is 13.0. The lowest BCUT2D eigenvalue weighted by atomic mass is 10.0. The van der Waals surface area contributed by atoms with Gasteiger partial charge in [-0.25, -0.2) is 4.68 Å². The highest BCUT2D eigenvalue weighted by atomic mass is 16.1. The molecule has 132 valence electrons. The molecule has 0 radical (unpaired) electrons.